The van der Waals surface area contributed by atoms with Gasteiger partial charge in [-0.15, -0.1) is 12.3 Å². The molecule has 0 aromatic carbocycles. The van der Waals surface area contributed by atoms with Gasteiger partial charge in [-0.1, -0.05) is 0 Å². The Kier molecular flexibility index (Phi) is 8.34. The molecule has 0 bridgehead atoms. The molecule has 0 saturated carbocycles. The van der Waals surface area contributed by atoms with Crippen LogP contribution in [-0.4, -0.2) is 65.7 Å². The minimum absolute atomic E-state index is 0.0116. The zero-order valence-corrected chi connectivity index (χ0v) is 18.0. The van der Waals surface area contributed by atoms with Crippen molar-refractivity contribution in [1.29, 1.82) is 0 Å². The van der Waals surface area contributed by atoms with Gasteiger partial charge in [0.2, 0.25) is 0 Å². The smallest absolute Gasteiger partial charge is 0.410 e. The van der Waals surface area contributed by atoms with Crippen molar-refractivity contribution in [3.05, 3.63) is 0 Å². The number of likely N-dealkylation sites (tertiary alicyclic amines) is 2. The molecule has 28 heavy (non-hydrogen) atoms. The highest BCUT2D eigenvalue weighted by Crippen LogP contribution is 2.19. The van der Waals surface area contributed by atoms with E-state index in [1.54, 1.807) is 9.80 Å². The highest BCUT2D eigenvalue weighted by atomic mass is 16.6. The predicted molar refractivity (Wildman–Crippen MR) is 107 cm³/mol. The molecule has 2 aliphatic heterocycles. The molecule has 0 aliphatic carbocycles. The van der Waals surface area contributed by atoms with Crippen molar-refractivity contribution < 1.29 is 23.9 Å². The van der Waals surface area contributed by atoms with Crippen molar-refractivity contribution in [1.82, 2.24) is 9.80 Å². The maximum atomic E-state index is 11.6. The Hall–Kier alpha value is -2.23. The summed E-state index contributed by atoms with van der Waals surface area (Å²) in [6.45, 7) is 13.5. The molecule has 2 amide bonds. The Labute approximate surface area is 168 Å². The van der Waals surface area contributed by atoms with E-state index in [4.69, 9.17) is 15.9 Å². The monoisotopic (exact) mass is 394 g/mol. The summed E-state index contributed by atoms with van der Waals surface area (Å²) in [5.74, 6) is 2.85. The number of carbonyl (C=O) groups excluding carboxylic acids is 3. The van der Waals surface area contributed by atoms with Gasteiger partial charge in [-0.2, -0.15) is 0 Å². The molecule has 2 atom stereocenters. The lowest BCUT2D eigenvalue weighted by molar-refractivity contribution is -0.110. The molecule has 2 aliphatic rings. The minimum atomic E-state index is -0.462. The maximum absolute atomic E-state index is 11.6. The summed E-state index contributed by atoms with van der Waals surface area (Å²) in [7, 11) is 0. The van der Waals surface area contributed by atoms with Crippen LogP contribution in [0.5, 0.6) is 0 Å². The van der Waals surface area contributed by atoms with Crippen LogP contribution in [0, 0.1) is 24.2 Å². The van der Waals surface area contributed by atoms with E-state index >= 15 is 0 Å². The van der Waals surface area contributed by atoms with Gasteiger partial charge < -0.3 is 24.1 Å². The Morgan fingerprint density at radius 3 is 1.75 bits per heavy atom. The topological polar surface area (TPSA) is 76.2 Å². The number of aldehydes is 1. The lowest BCUT2D eigenvalue weighted by Gasteiger charge is -2.24. The van der Waals surface area contributed by atoms with Crippen molar-refractivity contribution in [3.8, 4) is 12.3 Å². The molecule has 7 heteroatoms. The van der Waals surface area contributed by atoms with Crippen molar-refractivity contribution in [3.63, 3.8) is 0 Å². The van der Waals surface area contributed by atoms with Crippen LogP contribution in [0.15, 0.2) is 0 Å². The lowest BCUT2D eigenvalue weighted by Crippen LogP contribution is -2.35. The Morgan fingerprint density at radius 2 is 1.39 bits per heavy atom. The molecule has 158 valence electrons. The highest BCUT2D eigenvalue weighted by molar-refractivity contribution is 5.70. The van der Waals surface area contributed by atoms with Gasteiger partial charge in [-0.25, -0.2) is 9.59 Å². The second kappa shape index (κ2) is 9.81. The first-order chi connectivity index (χ1) is 12.8. The van der Waals surface area contributed by atoms with Crippen LogP contribution in [-0.2, 0) is 14.3 Å². The Bertz CT molecular complexity index is 597. The number of hydrogen-bond acceptors (Lipinski definition) is 5. The number of rotatable bonds is 1. The fourth-order valence-corrected chi connectivity index (χ4v) is 2.78. The molecule has 2 fully saturated rings. The average Bonchev–Trinajstić information content (AvgIpc) is 3.21. The summed E-state index contributed by atoms with van der Waals surface area (Å²) in [6, 6.07) is 0. The van der Waals surface area contributed by atoms with E-state index < -0.39 is 11.2 Å². The van der Waals surface area contributed by atoms with Gasteiger partial charge in [0.05, 0.1) is 0 Å². The van der Waals surface area contributed by atoms with Crippen molar-refractivity contribution in [2.45, 2.75) is 65.6 Å². The van der Waals surface area contributed by atoms with E-state index in [-0.39, 0.29) is 24.0 Å². The molecule has 2 rings (SSSR count). The predicted octanol–water partition coefficient (Wildman–Crippen LogP) is 3.32. The summed E-state index contributed by atoms with van der Waals surface area (Å²) in [4.78, 5) is 36.8. The molecule has 2 unspecified atom stereocenters. The van der Waals surface area contributed by atoms with E-state index in [2.05, 4.69) is 5.92 Å². The van der Waals surface area contributed by atoms with Crippen LogP contribution >= 0.6 is 0 Å². The first-order valence-corrected chi connectivity index (χ1v) is 9.72. The number of ether oxygens (including phenoxy) is 2. The molecular formula is C21H34N2O5. The van der Waals surface area contributed by atoms with Crippen molar-refractivity contribution in [2.75, 3.05) is 26.2 Å². The van der Waals surface area contributed by atoms with Crippen LogP contribution in [0.25, 0.3) is 0 Å². The lowest BCUT2D eigenvalue weighted by atomic mass is 10.1. The van der Waals surface area contributed by atoms with Crippen LogP contribution in [0.2, 0.25) is 0 Å². The van der Waals surface area contributed by atoms with E-state index in [0.29, 0.717) is 26.2 Å². The third-order valence-electron chi connectivity index (χ3n) is 4.14. The number of nitrogens with zero attached hydrogens (tertiary/aromatic N) is 2. The molecule has 2 heterocycles. The van der Waals surface area contributed by atoms with Gasteiger partial charge in [0.25, 0.3) is 0 Å². The quantitative estimate of drug-likeness (QED) is 0.504. The van der Waals surface area contributed by atoms with Crippen LogP contribution in [0.3, 0.4) is 0 Å². The first kappa shape index (κ1) is 23.8. The van der Waals surface area contributed by atoms with Crippen LogP contribution < -0.4 is 0 Å². The Morgan fingerprint density at radius 1 is 0.929 bits per heavy atom. The van der Waals surface area contributed by atoms with E-state index in [9.17, 15) is 14.4 Å². The first-order valence-electron chi connectivity index (χ1n) is 9.72. The fraction of sp³-hybridized carbons (Fsp3) is 0.762. The standard InChI is InChI=1S/C11H17NO2.C10H17NO3/c1-5-9-6-7-12(8-9)10(13)14-11(2,3)4;1-10(2,3)14-9(13)11-5-4-8(6-11)7-12/h1,9H,6-8H2,2-4H3;7-8H,4-6H2,1-3H3. The average molecular weight is 395 g/mol. The summed E-state index contributed by atoms with van der Waals surface area (Å²) in [5.41, 5.74) is -0.887. The largest absolute Gasteiger partial charge is 0.444 e. The zero-order valence-electron chi connectivity index (χ0n) is 18.0. The van der Waals surface area contributed by atoms with E-state index in [1.807, 2.05) is 41.5 Å². The maximum Gasteiger partial charge on any atom is 0.410 e. The van der Waals surface area contributed by atoms with Crippen LogP contribution in [0.4, 0.5) is 9.59 Å². The number of terminal acetylenes is 1. The van der Waals surface area contributed by atoms with Gasteiger partial charge in [-0.05, 0) is 54.4 Å². The summed E-state index contributed by atoms with van der Waals surface area (Å²) < 4.78 is 10.4. The highest BCUT2D eigenvalue weighted by Gasteiger charge is 2.30. The molecule has 0 N–H and O–H groups in total. The summed E-state index contributed by atoms with van der Waals surface area (Å²) in [5, 5.41) is 0. The normalized spacial score (nSPS) is 22.0. The van der Waals surface area contributed by atoms with Gasteiger partial charge in [0, 0.05) is 38.0 Å². The SMILES string of the molecule is C#CC1CCN(C(=O)OC(C)(C)C)C1.CC(C)(C)OC(=O)N1CCC(C=O)C1. The molecule has 0 aromatic rings. The van der Waals surface area contributed by atoms with Gasteiger partial charge in [-0.3, -0.25) is 0 Å². The molecule has 0 radical (unpaired) electrons. The second-order valence-electron chi connectivity index (χ2n) is 9.19. The summed E-state index contributed by atoms with van der Waals surface area (Å²) in [6.07, 6.45) is 7.27. The second-order valence-corrected chi connectivity index (χ2v) is 9.19. The van der Waals surface area contributed by atoms with Gasteiger partial charge in [0.15, 0.2) is 0 Å². The van der Waals surface area contributed by atoms with Gasteiger partial charge >= 0.3 is 12.2 Å². The number of carbonyl (C=O) groups is 3. The van der Waals surface area contributed by atoms with Crippen molar-refractivity contribution >= 4 is 18.5 Å². The molecule has 0 aromatic heterocycles. The zero-order chi connectivity index (χ0) is 21.5. The summed E-state index contributed by atoms with van der Waals surface area (Å²) >= 11 is 0. The number of hydrogen-bond donors (Lipinski definition) is 0. The fourth-order valence-electron chi connectivity index (χ4n) is 2.78. The number of amides is 2. The van der Waals surface area contributed by atoms with Crippen LogP contribution in [0.1, 0.15) is 54.4 Å². The molecule has 2 saturated heterocycles. The third kappa shape index (κ3) is 8.64. The molecule has 0 spiro atoms. The van der Waals surface area contributed by atoms with Crippen molar-refractivity contribution in [2.24, 2.45) is 11.8 Å². The van der Waals surface area contributed by atoms with E-state index in [1.165, 1.54) is 0 Å². The molecule has 7 nitrogen and oxygen atoms in total. The minimum Gasteiger partial charge on any atom is -0.444 e. The molecular weight excluding hydrogens is 360 g/mol. The van der Waals surface area contributed by atoms with E-state index in [0.717, 1.165) is 19.1 Å². The Balaban J connectivity index is 0.000000280. The van der Waals surface area contributed by atoms with Gasteiger partial charge in [0.1, 0.15) is 17.5 Å². The third-order valence-corrected chi connectivity index (χ3v) is 4.14.